The van der Waals surface area contributed by atoms with Crippen LogP contribution in [0, 0.1) is 5.82 Å². The fraction of sp³-hybridized carbons (Fsp3) is 0.304. The van der Waals surface area contributed by atoms with Crippen LogP contribution in [0.5, 0.6) is 11.5 Å². The standard InChI is InChI=1S/C23H25FN2O5/c1-25(2)11-12-26-20(15-7-5-6-8-17(15)30-3)19(22(28)23(26)29)21(27)16-13-14(24)9-10-18(16)31-4/h5-10,13,20,27H,11-12H2,1-4H3/b21-19+/t20-/m1/s1. The first-order valence-electron chi connectivity index (χ1n) is 9.70. The molecule has 0 radical (unpaired) electrons. The molecular formula is C23H25FN2O5. The Kier molecular flexibility index (Phi) is 6.60. The smallest absolute Gasteiger partial charge is 0.295 e. The summed E-state index contributed by atoms with van der Waals surface area (Å²) in [5.41, 5.74) is 0.394. The van der Waals surface area contributed by atoms with Gasteiger partial charge in [0.05, 0.1) is 31.4 Å². The summed E-state index contributed by atoms with van der Waals surface area (Å²) < 4.78 is 24.6. The second kappa shape index (κ2) is 9.18. The van der Waals surface area contributed by atoms with Crippen molar-refractivity contribution in [2.75, 3.05) is 41.4 Å². The maximum Gasteiger partial charge on any atom is 0.295 e. The average Bonchev–Trinajstić information content (AvgIpc) is 3.01. The van der Waals surface area contributed by atoms with Gasteiger partial charge in [-0.3, -0.25) is 9.59 Å². The first kappa shape index (κ1) is 22.3. The van der Waals surface area contributed by atoms with Crippen LogP contribution in [0.3, 0.4) is 0 Å². The number of Topliss-reactive ketones (excluding diaryl/α,β-unsaturated/α-hetero) is 1. The van der Waals surface area contributed by atoms with Gasteiger partial charge in [-0.1, -0.05) is 18.2 Å². The zero-order chi connectivity index (χ0) is 22.7. The predicted molar refractivity (Wildman–Crippen MR) is 114 cm³/mol. The van der Waals surface area contributed by atoms with Gasteiger partial charge < -0.3 is 24.4 Å². The van der Waals surface area contributed by atoms with Gasteiger partial charge in [-0.05, 0) is 38.4 Å². The quantitative estimate of drug-likeness (QED) is 0.415. The van der Waals surface area contributed by atoms with Crippen molar-refractivity contribution < 1.29 is 28.6 Å². The Bertz CT molecular complexity index is 1030. The third-order valence-electron chi connectivity index (χ3n) is 5.18. The average molecular weight is 428 g/mol. The van der Waals surface area contributed by atoms with Gasteiger partial charge in [0.2, 0.25) is 0 Å². The highest BCUT2D eigenvalue weighted by molar-refractivity contribution is 6.46. The van der Waals surface area contributed by atoms with E-state index >= 15 is 0 Å². The molecule has 1 amide bonds. The van der Waals surface area contributed by atoms with Crippen molar-refractivity contribution >= 4 is 17.4 Å². The van der Waals surface area contributed by atoms with E-state index in [-0.39, 0.29) is 23.4 Å². The number of ether oxygens (including phenoxy) is 2. The summed E-state index contributed by atoms with van der Waals surface area (Å²) >= 11 is 0. The molecule has 0 unspecified atom stereocenters. The first-order valence-corrected chi connectivity index (χ1v) is 9.70. The normalized spacial score (nSPS) is 18.0. The minimum atomic E-state index is -0.899. The molecule has 1 fully saturated rings. The predicted octanol–water partition coefficient (Wildman–Crippen LogP) is 2.83. The summed E-state index contributed by atoms with van der Waals surface area (Å²) in [6.07, 6.45) is 0. The van der Waals surface area contributed by atoms with E-state index in [1.807, 2.05) is 19.0 Å². The maximum atomic E-state index is 14.0. The topological polar surface area (TPSA) is 79.3 Å². The number of carbonyl (C=O) groups is 2. The molecule has 0 bridgehead atoms. The first-order chi connectivity index (χ1) is 14.8. The number of hydrogen-bond acceptors (Lipinski definition) is 6. The number of nitrogens with zero attached hydrogens (tertiary/aromatic N) is 2. The molecule has 1 aliphatic rings. The Balaban J connectivity index is 2.25. The van der Waals surface area contributed by atoms with Gasteiger partial charge in [-0.15, -0.1) is 0 Å². The number of benzene rings is 2. The summed E-state index contributed by atoms with van der Waals surface area (Å²) in [6.45, 7) is 0.749. The van der Waals surface area contributed by atoms with Crippen molar-refractivity contribution in [3.8, 4) is 11.5 Å². The highest BCUT2D eigenvalue weighted by Gasteiger charge is 2.47. The van der Waals surface area contributed by atoms with Crippen molar-refractivity contribution in [2.45, 2.75) is 6.04 Å². The van der Waals surface area contributed by atoms with Gasteiger partial charge >= 0.3 is 0 Å². The minimum Gasteiger partial charge on any atom is -0.507 e. The largest absolute Gasteiger partial charge is 0.507 e. The second-order valence-electron chi connectivity index (χ2n) is 7.38. The molecule has 3 rings (SSSR count). The molecule has 1 N–H and O–H groups in total. The van der Waals surface area contributed by atoms with E-state index < -0.39 is 29.3 Å². The van der Waals surface area contributed by atoms with Crippen molar-refractivity contribution in [3.05, 3.63) is 65.0 Å². The number of likely N-dealkylation sites (N-methyl/N-ethyl adjacent to an activating group) is 1. The molecule has 1 atom stereocenters. The zero-order valence-electron chi connectivity index (χ0n) is 17.9. The van der Waals surface area contributed by atoms with E-state index in [0.717, 1.165) is 6.07 Å². The molecule has 7 nitrogen and oxygen atoms in total. The lowest BCUT2D eigenvalue weighted by molar-refractivity contribution is -0.140. The van der Waals surface area contributed by atoms with E-state index in [2.05, 4.69) is 0 Å². The summed E-state index contributed by atoms with van der Waals surface area (Å²) in [5.74, 6) is -2.07. The van der Waals surface area contributed by atoms with Crippen LogP contribution < -0.4 is 9.47 Å². The SMILES string of the molecule is COc1ccc(F)cc1/C(O)=C1\C(=O)C(=O)N(CCN(C)C)[C@@H]1c1ccccc1OC. The Morgan fingerprint density at radius 3 is 2.42 bits per heavy atom. The second-order valence-corrected chi connectivity index (χ2v) is 7.38. The number of likely N-dealkylation sites (tertiary alicyclic amines) is 1. The van der Waals surface area contributed by atoms with E-state index in [4.69, 9.17) is 9.47 Å². The molecule has 0 aromatic heterocycles. The van der Waals surface area contributed by atoms with E-state index in [1.165, 1.54) is 31.3 Å². The molecule has 164 valence electrons. The third kappa shape index (κ3) is 4.25. The summed E-state index contributed by atoms with van der Waals surface area (Å²) in [5, 5.41) is 11.1. The number of amides is 1. The Labute approximate surface area is 180 Å². The minimum absolute atomic E-state index is 0.00647. The fourth-order valence-electron chi connectivity index (χ4n) is 3.64. The summed E-state index contributed by atoms with van der Waals surface area (Å²) in [7, 11) is 6.57. The fourth-order valence-corrected chi connectivity index (χ4v) is 3.64. The molecule has 0 saturated carbocycles. The van der Waals surface area contributed by atoms with Crippen LogP contribution in [-0.2, 0) is 9.59 Å². The van der Waals surface area contributed by atoms with Crippen LogP contribution in [0.1, 0.15) is 17.2 Å². The van der Waals surface area contributed by atoms with E-state index in [0.29, 0.717) is 17.9 Å². The van der Waals surface area contributed by atoms with Crippen molar-refractivity contribution in [2.24, 2.45) is 0 Å². The number of halogens is 1. The van der Waals surface area contributed by atoms with Crippen LogP contribution in [-0.4, -0.2) is 68.0 Å². The number of methoxy groups -OCH3 is 2. The zero-order valence-corrected chi connectivity index (χ0v) is 17.9. The molecular weight excluding hydrogens is 403 g/mol. The highest BCUT2D eigenvalue weighted by atomic mass is 19.1. The third-order valence-corrected chi connectivity index (χ3v) is 5.18. The molecule has 0 aliphatic carbocycles. The molecule has 2 aromatic carbocycles. The molecule has 1 aliphatic heterocycles. The lowest BCUT2D eigenvalue weighted by Crippen LogP contribution is -2.35. The van der Waals surface area contributed by atoms with Gasteiger partial charge in [0.15, 0.2) is 0 Å². The molecule has 1 saturated heterocycles. The number of para-hydroxylation sites is 1. The van der Waals surface area contributed by atoms with Crippen LogP contribution in [0.2, 0.25) is 0 Å². The van der Waals surface area contributed by atoms with Gasteiger partial charge in [-0.25, -0.2) is 4.39 Å². The number of carbonyl (C=O) groups excluding carboxylic acids is 2. The highest BCUT2D eigenvalue weighted by Crippen LogP contribution is 2.43. The molecule has 8 heteroatoms. The lowest BCUT2D eigenvalue weighted by atomic mass is 9.94. The van der Waals surface area contributed by atoms with Gasteiger partial charge in [0.25, 0.3) is 11.7 Å². The number of aliphatic hydroxyl groups excluding tert-OH is 1. The van der Waals surface area contributed by atoms with Crippen molar-refractivity contribution in [1.82, 2.24) is 9.80 Å². The van der Waals surface area contributed by atoms with Crippen molar-refractivity contribution in [3.63, 3.8) is 0 Å². The maximum absolute atomic E-state index is 14.0. The molecule has 2 aromatic rings. The lowest BCUT2D eigenvalue weighted by Gasteiger charge is -2.27. The van der Waals surface area contributed by atoms with Crippen LogP contribution in [0.15, 0.2) is 48.0 Å². The van der Waals surface area contributed by atoms with Crippen LogP contribution in [0.25, 0.3) is 5.76 Å². The number of aliphatic hydroxyl groups is 1. The van der Waals surface area contributed by atoms with Gasteiger partial charge in [-0.2, -0.15) is 0 Å². The number of hydrogen-bond donors (Lipinski definition) is 1. The van der Waals surface area contributed by atoms with Crippen LogP contribution in [0.4, 0.5) is 4.39 Å². The van der Waals surface area contributed by atoms with Crippen molar-refractivity contribution in [1.29, 1.82) is 0 Å². The van der Waals surface area contributed by atoms with E-state index in [1.54, 1.807) is 24.3 Å². The molecule has 1 heterocycles. The Morgan fingerprint density at radius 2 is 1.77 bits per heavy atom. The Morgan fingerprint density at radius 1 is 1.10 bits per heavy atom. The van der Waals surface area contributed by atoms with Gasteiger partial charge in [0.1, 0.15) is 23.1 Å². The summed E-state index contributed by atoms with van der Waals surface area (Å²) in [4.78, 5) is 29.3. The monoisotopic (exact) mass is 428 g/mol. The summed E-state index contributed by atoms with van der Waals surface area (Å²) in [6, 6.07) is 9.67. The van der Waals surface area contributed by atoms with Crippen LogP contribution >= 0.6 is 0 Å². The Hall–Kier alpha value is -3.39. The van der Waals surface area contributed by atoms with E-state index in [9.17, 15) is 19.1 Å². The molecule has 0 spiro atoms. The number of ketones is 1. The molecule has 31 heavy (non-hydrogen) atoms. The number of rotatable bonds is 7. The van der Waals surface area contributed by atoms with Gasteiger partial charge in [0, 0.05) is 18.7 Å².